The quantitative estimate of drug-likeness (QED) is 0.843. The minimum Gasteiger partial charge on any atom is -0.465 e. The van der Waals surface area contributed by atoms with Gasteiger partial charge in [-0.1, -0.05) is 0 Å². The summed E-state index contributed by atoms with van der Waals surface area (Å²) in [5, 5.41) is 8.86. The first-order valence-corrected chi connectivity index (χ1v) is 6.27. The van der Waals surface area contributed by atoms with E-state index in [0.717, 1.165) is 25.1 Å². The fourth-order valence-electron chi connectivity index (χ4n) is 2.21. The molecule has 0 aliphatic carbocycles. The maximum atomic E-state index is 10.8. The standard InChI is InChI=1S/C11H16ClN3O2/c12-5-10-6-13-8-15(10)7-9-1-3-14(4-2-9)11(16)17/h6,8-9H,1-5,7H2,(H,16,17). The average molecular weight is 258 g/mol. The molecule has 0 spiro atoms. The highest BCUT2D eigenvalue weighted by molar-refractivity contribution is 6.16. The molecule has 17 heavy (non-hydrogen) atoms. The Morgan fingerprint density at radius 1 is 1.53 bits per heavy atom. The van der Waals surface area contributed by atoms with Crippen LogP contribution in [0.25, 0.3) is 0 Å². The monoisotopic (exact) mass is 257 g/mol. The average Bonchev–Trinajstić information content (AvgIpc) is 2.77. The molecule has 2 rings (SSSR count). The molecular formula is C11H16ClN3O2. The Hall–Kier alpha value is -1.23. The third kappa shape index (κ3) is 2.91. The minimum atomic E-state index is -0.812. The third-order valence-corrected chi connectivity index (χ3v) is 3.55. The van der Waals surface area contributed by atoms with E-state index in [9.17, 15) is 4.79 Å². The summed E-state index contributed by atoms with van der Waals surface area (Å²) < 4.78 is 2.06. The molecule has 1 amide bonds. The van der Waals surface area contributed by atoms with Crippen LogP contribution in [-0.2, 0) is 12.4 Å². The van der Waals surface area contributed by atoms with Gasteiger partial charge in [0, 0.05) is 25.8 Å². The number of rotatable bonds is 3. The van der Waals surface area contributed by atoms with Crippen LogP contribution in [0.3, 0.4) is 0 Å². The lowest BCUT2D eigenvalue weighted by Crippen LogP contribution is -2.38. The molecule has 5 nitrogen and oxygen atoms in total. The lowest BCUT2D eigenvalue weighted by molar-refractivity contribution is 0.121. The lowest BCUT2D eigenvalue weighted by atomic mass is 9.97. The molecule has 1 aromatic heterocycles. The van der Waals surface area contributed by atoms with E-state index >= 15 is 0 Å². The van der Waals surface area contributed by atoms with Crippen molar-refractivity contribution in [1.82, 2.24) is 14.5 Å². The Labute approximate surface area is 105 Å². The van der Waals surface area contributed by atoms with Gasteiger partial charge in [-0.25, -0.2) is 9.78 Å². The summed E-state index contributed by atoms with van der Waals surface area (Å²) in [6.07, 6.45) is 4.58. The zero-order valence-electron chi connectivity index (χ0n) is 9.55. The third-order valence-electron chi connectivity index (χ3n) is 3.28. The second kappa shape index (κ2) is 5.40. The molecule has 0 radical (unpaired) electrons. The summed E-state index contributed by atoms with van der Waals surface area (Å²) in [7, 11) is 0. The van der Waals surface area contributed by atoms with Crippen molar-refractivity contribution in [2.75, 3.05) is 13.1 Å². The van der Waals surface area contributed by atoms with Gasteiger partial charge < -0.3 is 14.6 Å². The number of alkyl halides is 1. The second-order valence-electron chi connectivity index (χ2n) is 4.38. The zero-order valence-corrected chi connectivity index (χ0v) is 10.3. The van der Waals surface area contributed by atoms with E-state index in [1.54, 1.807) is 12.5 Å². The van der Waals surface area contributed by atoms with Crippen molar-refractivity contribution in [3.8, 4) is 0 Å². The molecule has 1 N–H and O–H groups in total. The van der Waals surface area contributed by atoms with Crippen LogP contribution in [-0.4, -0.2) is 38.7 Å². The van der Waals surface area contributed by atoms with E-state index in [1.165, 1.54) is 4.90 Å². The summed E-state index contributed by atoms with van der Waals surface area (Å²) in [6, 6.07) is 0. The zero-order chi connectivity index (χ0) is 12.3. The summed E-state index contributed by atoms with van der Waals surface area (Å²) >= 11 is 5.81. The number of carbonyl (C=O) groups is 1. The summed E-state index contributed by atoms with van der Waals surface area (Å²) in [5.74, 6) is 0.982. The number of likely N-dealkylation sites (tertiary alicyclic amines) is 1. The summed E-state index contributed by atoms with van der Waals surface area (Å²) in [5.41, 5.74) is 1.02. The van der Waals surface area contributed by atoms with Gasteiger partial charge in [-0.2, -0.15) is 0 Å². The number of hydrogen-bond acceptors (Lipinski definition) is 2. The van der Waals surface area contributed by atoms with Crippen LogP contribution < -0.4 is 0 Å². The highest BCUT2D eigenvalue weighted by Gasteiger charge is 2.22. The van der Waals surface area contributed by atoms with Crippen molar-refractivity contribution in [3.05, 3.63) is 18.2 Å². The number of hydrogen-bond donors (Lipinski definition) is 1. The highest BCUT2D eigenvalue weighted by Crippen LogP contribution is 2.20. The van der Waals surface area contributed by atoms with Crippen LogP contribution in [0.4, 0.5) is 4.79 Å². The van der Waals surface area contributed by atoms with Gasteiger partial charge in [-0.3, -0.25) is 0 Å². The van der Waals surface area contributed by atoms with Crippen molar-refractivity contribution in [1.29, 1.82) is 0 Å². The molecule has 0 bridgehead atoms. The van der Waals surface area contributed by atoms with Gasteiger partial charge in [0.2, 0.25) is 0 Å². The van der Waals surface area contributed by atoms with Crippen LogP contribution in [0.1, 0.15) is 18.5 Å². The van der Waals surface area contributed by atoms with Crippen molar-refractivity contribution in [2.24, 2.45) is 5.92 Å². The summed E-state index contributed by atoms with van der Waals surface area (Å²) in [4.78, 5) is 16.3. The molecule has 1 aliphatic rings. The van der Waals surface area contributed by atoms with Crippen LogP contribution in [0.5, 0.6) is 0 Å². The molecule has 0 atom stereocenters. The first-order valence-electron chi connectivity index (χ1n) is 5.73. The Kier molecular flexibility index (Phi) is 3.89. The van der Waals surface area contributed by atoms with Gasteiger partial charge in [0.25, 0.3) is 0 Å². The van der Waals surface area contributed by atoms with E-state index in [2.05, 4.69) is 9.55 Å². The fraction of sp³-hybridized carbons (Fsp3) is 0.636. The van der Waals surface area contributed by atoms with E-state index in [-0.39, 0.29) is 0 Å². The molecule has 0 unspecified atom stereocenters. The van der Waals surface area contributed by atoms with Gasteiger partial charge in [0.1, 0.15) is 0 Å². The van der Waals surface area contributed by atoms with Gasteiger partial charge in [-0.15, -0.1) is 11.6 Å². The lowest BCUT2D eigenvalue weighted by Gasteiger charge is -2.30. The number of amides is 1. The van der Waals surface area contributed by atoms with Crippen LogP contribution in [0, 0.1) is 5.92 Å². The molecule has 0 aromatic carbocycles. The topological polar surface area (TPSA) is 58.4 Å². The number of imidazole rings is 1. The van der Waals surface area contributed by atoms with Crippen molar-refractivity contribution in [2.45, 2.75) is 25.3 Å². The summed E-state index contributed by atoms with van der Waals surface area (Å²) in [6.45, 7) is 2.14. The predicted octanol–water partition coefficient (Wildman–Crippen LogP) is 2.01. The molecule has 2 heterocycles. The molecule has 1 saturated heterocycles. The molecule has 1 aliphatic heterocycles. The first-order chi connectivity index (χ1) is 8.20. The van der Waals surface area contributed by atoms with Crippen LogP contribution >= 0.6 is 11.6 Å². The number of piperidine rings is 1. The van der Waals surface area contributed by atoms with Gasteiger partial charge in [0.15, 0.2) is 0 Å². The predicted molar refractivity (Wildman–Crippen MR) is 64.1 cm³/mol. The smallest absolute Gasteiger partial charge is 0.407 e. The Bertz CT molecular complexity index is 386. The van der Waals surface area contributed by atoms with Crippen molar-refractivity contribution < 1.29 is 9.90 Å². The largest absolute Gasteiger partial charge is 0.465 e. The molecule has 1 aromatic rings. The molecule has 6 heteroatoms. The van der Waals surface area contributed by atoms with Gasteiger partial charge in [0.05, 0.1) is 17.9 Å². The van der Waals surface area contributed by atoms with E-state index in [1.807, 2.05) is 0 Å². The normalized spacial score (nSPS) is 17.4. The number of halogens is 1. The van der Waals surface area contributed by atoms with E-state index < -0.39 is 6.09 Å². The first kappa shape index (κ1) is 12.2. The van der Waals surface area contributed by atoms with Gasteiger partial charge >= 0.3 is 6.09 Å². The van der Waals surface area contributed by atoms with Crippen molar-refractivity contribution >= 4 is 17.7 Å². The molecule has 0 saturated carbocycles. The molecule has 94 valence electrons. The van der Waals surface area contributed by atoms with Gasteiger partial charge in [-0.05, 0) is 18.8 Å². The minimum absolute atomic E-state index is 0.466. The molecule has 1 fully saturated rings. The molecular weight excluding hydrogens is 242 g/mol. The van der Waals surface area contributed by atoms with Crippen molar-refractivity contribution in [3.63, 3.8) is 0 Å². The number of carboxylic acid groups (broad SMARTS) is 1. The number of aromatic nitrogens is 2. The maximum Gasteiger partial charge on any atom is 0.407 e. The SMILES string of the molecule is O=C(O)N1CCC(Cn2cncc2CCl)CC1. The highest BCUT2D eigenvalue weighted by atomic mass is 35.5. The Balaban J connectivity index is 1.88. The number of nitrogens with zero attached hydrogens (tertiary/aromatic N) is 3. The Morgan fingerprint density at radius 3 is 2.82 bits per heavy atom. The van der Waals surface area contributed by atoms with E-state index in [0.29, 0.717) is 24.9 Å². The van der Waals surface area contributed by atoms with Crippen LogP contribution in [0.15, 0.2) is 12.5 Å². The van der Waals surface area contributed by atoms with E-state index in [4.69, 9.17) is 16.7 Å². The second-order valence-corrected chi connectivity index (χ2v) is 4.65. The Morgan fingerprint density at radius 2 is 2.24 bits per heavy atom. The fourth-order valence-corrected chi connectivity index (χ4v) is 2.43. The maximum absolute atomic E-state index is 10.8. The van der Waals surface area contributed by atoms with Crippen LogP contribution in [0.2, 0.25) is 0 Å².